The molecule has 0 unspecified atom stereocenters. The Hall–Kier alpha value is -3.14. The summed E-state index contributed by atoms with van der Waals surface area (Å²) in [6.45, 7) is 0. The van der Waals surface area contributed by atoms with Crippen LogP contribution < -0.4 is 5.32 Å². The third-order valence-electron chi connectivity index (χ3n) is 4.40. The lowest BCUT2D eigenvalue weighted by Gasteiger charge is -2.06. The molecular weight excluding hydrogens is 310 g/mol. The number of nitrogens with one attached hydrogen (secondary N) is 2. The zero-order valence-corrected chi connectivity index (χ0v) is 13.8. The zero-order chi connectivity index (χ0) is 17.1. The van der Waals surface area contributed by atoms with E-state index in [0.29, 0.717) is 6.42 Å². The van der Waals surface area contributed by atoms with Gasteiger partial charge in [-0.25, -0.2) is 0 Å². The average Bonchev–Trinajstić information content (AvgIpc) is 3.05. The fraction of sp³-hybridized carbons (Fsp3) is 0.143. The molecule has 0 atom stereocenters. The minimum atomic E-state index is 0.0249. The lowest BCUT2D eigenvalue weighted by Crippen LogP contribution is -2.11. The van der Waals surface area contributed by atoms with Gasteiger partial charge in [-0.15, -0.1) is 0 Å². The Balaban J connectivity index is 1.35. The first-order valence-corrected chi connectivity index (χ1v) is 8.49. The molecule has 0 aliphatic rings. The van der Waals surface area contributed by atoms with Crippen LogP contribution in [-0.2, 0) is 11.2 Å². The normalized spacial score (nSPS) is 11.0. The number of fused-ring (bicyclic) bond motifs is 2. The second-order valence-electron chi connectivity index (χ2n) is 6.18. The van der Waals surface area contributed by atoms with Crippen LogP contribution in [0, 0.1) is 0 Å². The van der Waals surface area contributed by atoms with Gasteiger partial charge in [0.05, 0.1) is 17.4 Å². The van der Waals surface area contributed by atoms with Crippen LogP contribution in [0.3, 0.4) is 0 Å². The number of benzene rings is 2. The highest BCUT2D eigenvalue weighted by Crippen LogP contribution is 2.20. The molecule has 4 heteroatoms. The number of carbonyl (C=O) groups is 1. The van der Waals surface area contributed by atoms with Crippen LogP contribution >= 0.6 is 0 Å². The first kappa shape index (κ1) is 15.4. The van der Waals surface area contributed by atoms with Gasteiger partial charge in [0.25, 0.3) is 0 Å². The fourth-order valence-corrected chi connectivity index (χ4v) is 3.14. The van der Waals surface area contributed by atoms with Gasteiger partial charge < -0.3 is 10.3 Å². The lowest BCUT2D eigenvalue weighted by atomic mass is 10.1. The summed E-state index contributed by atoms with van der Waals surface area (Å²) in [5, 5.41) is 5.21. The molecule has 4 nitrogen and oxygen atoms in total. The number of carbonyl (C=O) groups excluding carboxylic acids is 1. The van der Waals surface area contributed by atoms with Crippen molar-refractivity contribution in [2.45, 2.75) is 19.3 Å². The van der Waals surface area contributed by atoms with Gasteiger partial charge in [-0.2, -0.15) is 0 Å². The number of aromatic amines is 1. The number of hydrogen-bond donors (Lipinski definition) is 2. The SMILES string of the molecule is O=C(CCCc1c[nH]c2ccccc12)Nc1cnc2ccccc2c1. The van der Waals surface area contributed by atoms with Crippen molar-refractivity contribution in [2.24, 2.45) is 0 Å². The number of amides is 1. The lowest BCUT2D eigenvalue weighted by molar-refractivity contribution is -0.116. The Morgan fingerprint density at radius 3 is 2.88 bits per heavy atom. The third-order valence-corrected chi connectivity index (χ3v) is 4.40. The standard InChI is InChI=1S/C21H19N3O/c25-21(24-17-12-15-6-1-3-9-19(15)23-14-17)11-5-7-16-13-22-20-10-4-2-8-18(16)20/h1-4,6,8-10,12-14,22H,5,7,11H2,(H,24,25). The average molecular weight is 329 g/mol. The molecule has 0 spiro atoms. The van der Waals surface area contributed by atoms with E-state index in [9.17, 15) is 4.79 Å². The molecule has 4 rings (SSSR count). The Kier molecular flexibility index (Phi) is 4.17. The van der Waals surface area contributed by atoms with Crippen LogP contribution in [0.15, 0.2) is 67.0 Å². The van der Waals surface area contributed by atoms with Crippen molar-refractivity contribution >= 4 is 33.4 Å². The third kappa shape index (κ3) is 3.38. The van der Waals surface area contributed by atoms with Crippen LogP contribution in [0.1, 0.15) is 18.4 Å². The molecule has 0 radical (unpaired) electrons. The van der Waals surface area contributed by atoms with Crippen molar-refractivity contribution in [1.82, 2.24) is 9.97 Å². The van der Waals surface area contributed by atoms with Gasteiger partial charge in [0.2, 0.25) is 5.91 Å². The Morgan fingerprint density at radius 2 is 1.92 bits per heavy atom. The minimum absolute atomic E-state index is 0.0249. The Bertz CT molecular complexity index is 1040. The molecule has 0 fully saturated rings. The van der Waals surface area contributed by atoms with Crippen LogP contribution in [0.2, 0.25) is 0 Å². The second kappa shape index (κ2) is 6.77. The van der Waals surface area contributed by atoms with Crippen molar-refractivity contribution < 1.29 is 4.79 Å². The Morgan fingerprint density at radius 1 is 1.08 bits per heavy atom. The molecule has 1 amide bonds. The first-order chi connectivity index (χ1) is 12.3. The predicted molar refractivity (Wildman–Crippen MR) is 102 cm³/mol. The second-order valence-corrected chi connectivity index (χ2v) is 6.18. The van der Waals surface area contributed by atoms with Crippen molar-refractivity contribution in [2.75, 3.05) is 5.32 Å². The van der Waals surface area contributed by atoms with Crippen LogP contribution in [0.5, 0.6) is 0 Å². The molecule has 2 aromatic carbocycles. The molecule has 25 heavy (non-hydrogen) atoms. The quantitative estimate of drug-likeness (QED) is 0.558. The van der Waals surface area contributed by atoms with Gasteiger partial charge >= 0.3 is 0 Å². The maximum atomic E-state index is 12.2. The van der Waals surface area contributed by atoms with Gasteiger partial charge in [0.15, 0.2) is 0 Å². The molecule has 0 saturated carbocycles. The highest BCUT2D eigenvalue weighted by atomic mass is 16.1. The highest BCUT2D eigenvalue weighted by Gasteiger charge is 2.06. The van der Waals surface area contributed by atoms with Crippen molar-refractivity contribution in [3.8, 4) is 0 Å². The number of aromatic nitrogens is 2. The minimum Gasteiger partial charge on any atom is -0.361 e. The van der Waals surface area contributed by atoms with E-state index >= 15 is 0 Å². The van der Waals surface area contributed by atoms with Gasteiger partial charge in [-0.3, -0.25) is 9.78 Å². The van der Waals surface area contributed by atoms with E-state index in [1.165, 1.54) is 10.9 Å². The molecule has 2 N–H and O–H groups in total. The molecule has 0 bridgehead atoms. The van der Waals surface area contributed by atoms with Gasteiger partial charge in [0.1, 0.15) is 0 Å². The number of anilines is 1. The van der Waals surface area contributed by atoms with E-state index < -0.39 is 0 Å². The van der Waals surface area contributed by atoms with E-state index in [1.807, 2.05) is 48.7 Å². The molecule has 2 aromatic heterocycles. The Labute approximate surface area is 145 Å². The van der Waals surface area contributed by atoms with E-state index in [-0.39, 0.29) is 5.91 Å². The monoisotopic (exact) mass is 329 g/mol. The summed E-state index contributed by atoms with van der Waals surface area (Å²) in [4.78, 5) is 19.8. The molecule has 4 aromatic rings. The summed E-state index contributed by atoms with van der Waals surface area (Å²) < 4.78 is 0. The number of nitrogens with zero attached hydrogens (tertiary/aromatic N) is 1. The predicted octanol–water partition coefficient (Wildman–Crippen LogP) is 4.68. The largest absolute Gasteiger partial charge is 0.361 e. The summed E-state index contributed by atoms with van der Waals surface area (Å²) in [7, 11) is 0. The molecule has 124 valence electrons. The fourth-order valence-electron chi connectivity index (χ4n) is 3.14. The van der Waals surface area contributed by atoms with Crippen molar-refractivity contribution in [3.05, 3.63) is 72.6 Å². The first-order valence-electron chi connectivity index (χ1n) is 8.49. The van der Waals surface area contributed by atoms with Gasteiger partial charge in [-0.05, 0) is 36.6 Å². The molecule has 0 aliphatic carbocycles. The molecule has 2 heterocycles. The smallest absolute Gasteiger partial charge is 0.224 e. The van der Waals surface area contributed by atoms with Gasteiger partial charge in [0, 0.05) is 28.9 Å². The zero-order valence-electron chi connectivity index (χ0n) is 13.8. The van der Waals surface area contributed by atoms with E-state index in [0.717, 1.165) is 34.9 Å². The van der Waals surface area contributed by atoms with Crippen LogP contribution in [-0.4, -0.2) is 15.9 Å². The number of hydrogen-bond acceptors (Lipinski definition) is 2. The van der Waals surface area contributed by atoms with E-state index in [4.69, 9.17) is 0 Å². The molecular formula is C21H19N3O. The van der Waals surface area contributed by atoms with E-state index in [1.54, 1.807) is 6.20 Å². The topological polar surface area (TPSA) is 57.8 Å². The summed E-state index contributed by atoms with van der Waals surface area (Å²) in [6, 6.07) is 18.1. The maximum absolute atomic E-state index is 12.2. The van der Waals surface area contributed by atoms with Crippen LogP contribution in [0.4, 0.5) is 5.69 Å². The summed E-state index contributed by atoms with van der Waals surface area (Å²) in [6.07, 6.45) is 5.93. The summed E-state index contributed by atoms with van der Waals surface area (Å²) in [5.74, 6) is 0.0249. The van der Waals surface area contributed by atoms with Crippen molar-refractivity contribution in [3.63, 3.8) is 0 Å². The molecule has 0 aliphatic heterocycles. The summed E-state index contributed by atoms with van der Waals surface area (Å²) >= 11 is 0. The number of rotatable bonds is 5. The number of H-pyrrole nitrogens is 1. The molecule has 0 saturated heterocycles. The highest BCUT2D eigenvalue weighted by molar-refractivity contribution is 5.93. The summed E-state index contributed by atoms with van der Waals surface area (Å²) in [5.41, 5.74) is 4.08. The van der Waals surface area contributed by atoms with Crippen molar-refractivity contribution in [1.29, 1.82) is 0 Å². The number of para-hydroxylation sites is 2. The van der Waals surface area contributed by atoms with Crippen LogP contribution in [0.25, 0.3) is 21.8 Å². The number of pyridine rings is 1. The number of aryl methyl sites for hydroxylation is 1. The maximum Gasteiger partial charge on any atom is 0.224 e. The van der Waals surface area contributed by atoms with E-state index in [2.05, 4.69) is 27.4 Å². The van der Waals surface area contributed by atoms with Gasteiger partial charge in [-0.1, -0.05) is 36.4 Å².